The van der Waals surface area contributed by atoms with Gasteiger partial charge in [-0.3, -0.25) is 0 Å². The van der Waals surface area contributed by atoms with E-state index < -0.39 is 8.32 Å². The van der Waals surface area contributed by atoms with Crippen molar-refractivity contribution in [2.45, 2.75) is 36.8 Å². The summed E-state index contributed by atoms with van der Waals surface area (Å²) in [7, 11) is -2.59. The summed E-state index contributed by atoms with van der Waals surface area (Å²) in [6.07, 6.45) is 1.28. The normalized spacial score (nSPS) is 15.0. The van der Waals surface area contributed by atoms with Crippen LogP contribution in [0.4, 0.5) is 0 Å². The second-order valence-electron chi connectivity index (χ2n) is 10.1. The van der Waals surface area contributed by atoms with Crippen molar-refractivity contribution in [3.8, 4) is 11.8 Å². The molecule has 1 N–H and O–H groups in total. The molecule has 0 unspecified atom stereocenters. The summed E-state index contributed by atoms with van der Waals surface area (Å²) in [5, 5.41) is 3.80. The molecule has 0 aliphatic carbocycles. The summed E-state index contributed by atoms with van der Waals surface area (Å²) >= 11 is 4.08. The van der Waals surface area contributed by atoms with Crippen molar-refractivity contribution in [2.75, 3.05) is 18.1 Å². The van der Waals surface area contributed by atoms with E-state index in [-0.39, 0.29) is 5.04 Å². The van der Waals surface area contributed by atoms with Gasteiger partial charge in [0.05, 0.1) is 16.9 Å². The molecule has 0 bridgehead atoms. The molecule has 1 saturated heterocycles. The highest BCUT2D eigenvalue weighted by atomic mass is 32.2. The van der Waals surface area contributed by atoms with E-state index in [1.807, 2.05) is 23.5 Å². The van der Waals surface area contributed by atoms with Crippen LogP contribution >= 0.6 is 23.5 Å². The summed E-state index contributed by atoms with van der Waals surface area (Å²) in [6.45, 7) is 7.31. The van der Waals surface area contributed by atoms with Gasteiger partial charge in [0, 0.05) is 16.5 Å². The van der Waals surface area contributed by atoms with Gasteiger partial charge in [-0.1, -0.05) is 106 Å². The third kappa shape index (κ3) is 4.93. The van der Waals surface area contributed by atoms with Gasteiger partial charge >= 0.3 is 0 Å². The molecule has 36 heavy (non-hydrogen) atoms. The molecule has 4 aromatic rings. The quantitative estimate of drug-likeness (QED) is 0.224. The Bertz CT molecular complexity index is 1320. The average molecular weight is 528 g/mol. The molecule has 2 nitrogen and oxygen atoms in total. The highest BCUT2D eigenvalue weighted by Crippen LogP contribution is 2.47. The van der Waals surface area contributed by atoms with Gasteiger partial charge in [-0.05, 0) is 45.3 Å². The Hall–Kier alpha value is -2.36. The number of para-hydroxylation sites is 1. The molecule has 184 valence electrons. The number of aromatic nitrogens is 1. The van der Waals surface area contributed by atoms with Crippen LogP contribution in [0, 0.1) is 11.8 Å². The second-order valence-corrected chi connectivity index (χ2v) is 17.2. The van der Waals surface area contributed by atoms with Gasteiger partial charge in [0.1, 0.15) is 0 Å². The first-order valence-corrected chi connectivity index (χ1v) is 16.6. The summed E-state index contributed by atoms with van der Waals surface area (Å²) in [6, 6.07) is 30.1. The Labute approximate surface area is 224 Å². The minimum Gasteiger partial charge on any atom is -0.396 e. The summed E-state index contributed by atoms with van der Waals surface area (Å²) < 4.78 is 7.42. The van der Waals surface area contributed by atoms with Crippen molar-refractivity contribution >= 4 is 53.1 Å². The van der Waals surface area contributed by atoms with Crippen LogP contribution in [0.25, 0.3) is 10.9 Å². The van der Waals surface area contributed by atoms with Crippen LogP contribution in [0.15, 0.2) is 84.9 Å². The van der Waals surface area contributed by atoms with Crippen molar-refractivity contribution in [3.63, 3.8) is 0 Å². The first-order chi connectivity index (χ1) is 17.5. The third-order valence-corrected chi connectivity index (χ3v) is 14.7. The first kappa shape index (κ1) is 25.3. The Morgan fingerprint density at radius 3 is 2.06 bits per heavy atom. The van der Waals surface area contributed by atoms with E-state index in [1.165, 1.54) is 39.2 Å². The molecule has 3 aromatic carbocycles. The zero-order chi connectivity index (χ0) is 25.0. The summed E-state index contributed by atoms with van der Waals surface area (Å²) in [5.41, 5.74) is 3.55. The van der Waals surface area contributed by atoms with Gasteiger partial charge in [-0.25, -0.2) is 0 Å². The number of hydrogen-bond donors (Lipinski definition) is 1. The number of nitrogens with one attached hydrogen (secondary N) is 1. The molecule has 0 radical (unpaired) electrons. The summed E-state index contributed by atoms with van der Waals surface area (Å²) in [4.78, 5) is 3.61. The fourth-order valence-electron chi connectivity index (χ4n) is 5.19. The van der Waals surface area contributed by atoms with E-state index in [1.54, 1.807) is 0 Å². The average Bonchev–Trinajstić information content (AvgIpc) is 3.28. The molecule has 0 saturated carbocycles. The molecule has 0 spiro atoms. The molecule has 1 aliphatic rings. The van der Waals surface area contributed by atoms with Crippen LogP contribution in [0.1, 0.15) is 43.0 Å². The Kier molecular flexibility index (Phi) is 7.69. The smallest absolute Gasteiger partial charge is 0.262 e. The molecule has 0 amide bonds. The van der Waals surface area contributed by atoms with E-state index in [0.717, 1.165) is 11.2 Å². The fourth-order valence-corrected chi connectivity index (χ4v) is 12.7. The van der Waals surface area contributed by atoms with Gasteiger partial charge in [0.15, 0.2) is 0 Å². The molecule has 0 atom stereocenters. The number of fused-ring (bicyclic) bond motifs is 1. The molecular formula is C31H33NOS2Si. The number of aromatic amines is 1. The molecule has 2 heterocycles. The first-order valence-electron chi connectivity index (χ1n) is 12.6. The molecule has 5 heteroatoms. The maximum absolute atomic E-state index is 6.99. The van der Waals surface area contributed by atoms with Crippen LogP contribution in [0.2, 0.25) is 5.04 Å². The van der Waals surface area contributed by atoms with Crippen molar-refractivity contribution in [1.82, 2.24) is 4.98 Å². The van der Waals surface area contributed by atoms with Crippen molar-refractivity contribution in [3.05, 3.63) is 96.2 Å². The molecule has 1 fully saturated rings. The van der Waals surface area contributed by atoms with E-state index in [4.69, 9.17) is 4.43 Å². The van der Waals surface area contributed by atoms with E-state index in [0.29, 0.717) is 11.2 Å². The fraction of sp³-hybridized carbons (Fsp3) is 0.290. The van der Waals surface area contributed by atoms with Gasteiger partial charge < -0.3 is 9.41 Å². The van der Waals surface area contributed by atoms with Crippen LogP contribution in [-0.2, 0) is 4.43 Å². The summed E-state index contributed by atoms with van der Waals surface area (Å²) in [5.74, 6) is 9.33. The SMILES string of the molecule is CC(C)(C)[Si](OCC#Cc1[nH]c2ccccc2c1C1SCCCS1)(c1ccccc1)c1ccccc1. The molecule has 1 aliphatic heterocycles. The van der Waals surface area contributed by atoms with Gasteiger partial charge in [0.2, 0.25) is 0 Å². The Balaban J connectivity index is 1.51. The van der Waals surface area contributed by atoms with Gasteiger partial charge in [-0.2, -0.15) is 0 Å². The molecular weight excluding hydrogens is 495 g/mol. The largest absolute Gasteiger partial charge is 0.396 e. The molecule has 1 aromatic heterocycles. The molecule has 5 rings (SSSR count). The van der Waals surface area contributed by atoms with E-state index in [9.17, 15) is 0 Å². The van der Waals surface area contributed by atoms with Crippen LogP contribution in [-0.4, -0.2) is 31.4 Å². The van der Waals surface area contributed by atoms with Crippen molar-refractivity contribution in [1.29, 1.82) is 0 Å². The Morgan fingerprint density at radius 2 is 1.44 bits per heavy atom. The van der Waals surface area contributed by atoms with E-state index >= 15 is 0 Å². The zero-order valence-corrected chi connectivity index (χ0v) is 23.8. The third-order valence-electron chi connectivity index (χ3n) is 6.80. The van der Waals surface area contributed by atoms with Gasteiger partial charge in [-0.15, -0.1) is 23.5 Å². The van der Waals surface area contributed by atoms with Crippen LogP contribution in [0.3, 0.4) is 0 Å². The van der Waals surface area contributed by atoms with Crippen LogP contribution < -0.4 is 10.4 Å². The predicted molar refractivity (Wildman–Crippen MR) is 161 cm³/mol. The zero-order valence-electron chi connectivity index (χ0n) is 21.2. The standard InChI is InChI=1S/C31H33NOS2Si/c1-31(2,3)36(24-14-6-4-7-15-24,25-16-8-5-9-17-25)33-21-12-20-28-29(30-34-22-13-23-35-30)26-18-10-11-19-27(26)32-28/h4-11,14-19,30,32H,13,21-23H2,1-3H3. The maximum Gasteiger partial charge on any atom is 0.262 e. The minimum atomic E-state index is -2.59. The lowest BCUT2D eigenvalue weighted by Crippen LogP contribution is -2.66. The number of H-pyrrole nitrogens is 1. The lowest BCUT2D eigenvalue weighted by Gasteiger charge is -2.42. The highest BCUT2D eigenvalue weighted by molar-refractivity contribution is 8.16. The number of hydrogen-bond acceptors (Lipinski definition) is 3. The van der Waals surface area contributed by atoms with Gasteiger partial charge in [0.25, 0.3) is 8.32 Å². The monoisotopic (exact) mass is 527 g/mol. The number of rotatable bonds is 5. The second kappa shape index (κ2) is 10.9. The van der Waals surface area contributed by atoms with Crippen LogP contribution in [0.5, 0.6) is 0 Å². The predicted octanol–water partition coefficient (Wildman–Crippen LogP) is 6.96. The van der Waals surface area contributed by atoms with Crippen molar-refractivity contribution in [2.24, 2.45) is 0 Å². The lowest BCUT2D eigenvalue weighted by molar-refractivity contribution is 0.346. The number of thioether (sulfide) groups is 2. The highest BCUT2D eigenvalue weighted by Gasteiger charge is 2.50. The topological polar surface area (TPSA) is 25.0 Å². The Morgan fingerprint density at radius 1 is 0.861 bits per heavy atom. The minimum absolute atomic E-state index is 0.0565. The number of benzene rings is 3. The van der Waals surface area contributed by atoms with Crippen molar-refractivity contribution < 1.29 is 4.43 Å². The lowest BCUT2D eigenvalue weighted by atomic mass is 10.1. The van der Waals surface area contributed by atoms with E-state index in [2.05, 4.69) is 123 Å². The maximum atomic E-state index is 6.99.